The smallest absolute Gasteiger partial charge is 0.191 e. The molecule has 1 aliphatic heterocycles. The van der Waals surface area contributed by atoms with Gasteiger partial charge in [-0.1, -0.05) is 17.7 Å². The van der Waals surface area contributed by atoms with Crippen LogP contribution in [0.3, 0.4) is 0 Å². The van der Waals surface area contributed by atoms with Crippen LogP contribution in [0.25, 0.3) is 0 Å². The number of aryl methyl sites for hydroxylation is 3. The summed E-state index contributed by atoms with van der Waals surface area (Å²) in [6, 6.07) is 4.45. The van der Waals surface area contributed by atoms with E-state index in [1.165, 1.54) is 28.7 Å². The maximum Gasteiger partial charge on any atom is 0.191 e. The van der Waals surface area contributed by atoms with Gasteiger partial charge in [0.15, 0.2) is 5.96 Å². The zero-order chi connectivity index (χ0) is 15.9. The van der Waals surface area contributed by atoms with E-state index in [0.717, 1.165) is 32.1 Å². The van der Waals surface area contributed by atoms with Crippen LogP contribution >= 0.6 is 24.0 Å². The quantitative estimate of drug-likeness (QED) is 0.427. The molecule has 130 valence electrons. The van der Waals surface area contributed by atoms with Crippen LogP contribution in [0.1, 0.15) is 42.0 Å². The molecule has 1 aromatic carbocycles. The van der Waals surface area contributed by atoms with E-state index in [1.807, 2.05) is 0 Å². The molecule has 0 amide bonds. The topological polar surface area (TPSA) is 45.7 Å². The Hall–Kier alpha value is -0.820. The van der Waals surface area contributed by atoms with Crippen molar-refractivity contribution in [1.82, 2.24) is 10.6 Å². The predicted molar refractivity (Wildman–Crippen MR) is 108 cm³/mol. The van der Waals surface area contributed by atoms with Crippen molar-refractivity contribution in [2.45, 2.75) is 53.2 Å². The fraction of sp³-hybridized carbons (Fsp3) is 0.611. The molecule has 1 atom stereocenters. The first kappa shape index (κ1) is 20.2. The third kappa shape index (κ3) is 6.30. The van der Waals surface area contributed by atoms with Crippen LogP contribution in [0.5, 0.6) is 0 Å². The lowest BCUT2D eigenvalue weighted by atomic mass is 10.00. The average molecular weight is 431 g/mol. The lowest BCUT2D eigenvalue weighted by Crippen LogP contribution is -2.41. The van der Waals surface area contributed by atoms with Crippen molar-refractivity contribution >= 4 is 29.9 Å². The minimum Gasteiger partial charge on any atom is -0.376 e. The first-order valence-electron chi connectivity index (χ1n) is 8.30. The summed E-state index contributed by atoms with van der Waals surface area (Å²) in [7, 11) is 0. The number of nitrogens with zero attached hydrogens (tertiary/aromatic N) is 1. The standard InChI is InChI=1S/C18H29N3O.HI/c1-5-19-18(20-11-16-7-6-8-22-16)21-12-17-14(3)9-13(2)10-15(17)4;/h9-10,16H,5-8,11-12H2,1-4H3,(H2,19,20,21);1H. The summed E-state index contributed by atoms with van der Waals surface area (Å²) >= 11 is 0. The number of ether oxygens (including phenoxy) is 1. The molecule has 23 heavy (non-hydrogen) atoms. The summed E-state index contributed by atoms with van der Waals surface area (Å²) in [5.41, 5.74) is 5.26. The number of rotatable bonds is 5. The molecule has 0 aromatic heterocycles. The maximum absolute atomic E-state index is 5.65. The van der Waals surface area contributed by atoms with Crippen LogP contribution in [0.15, 0.2) is 17.1 Å². The number of guanidine groups is 1. The SMILES string of the molecule is CCNC(=NCc1c(C)cc(C)cc1C)NCC1CCCO1.I. The minimum atomic E-state index is 0. The molecule has 5 heteroatoms. The predicted octanol–water partition coefficient (Wildman–Crippen LogP) is 3.46. The highest BCUT2D eigenvalue weighted by Crippen LogP contribution is 2.17. The summed E-state index contributed by atoms with van der Waals surface area (Å²) in [6.45, 7) is 11.8. The van der Waals surface area contributed by atoms with Gasteiger partial charge in [0.25, 0.3) is 0 Å². The van der Waals surface area contributed by atoms with Crippen LogP contribution in [-0.4, -0.2) is 31.8 Å². The molecule has 2 rings (SSSR count). The van der Waals surface area contributed by atoms with Gasteiger partial charge in [-0.05, 0) is 57.2 Å². The van der Waals surface area contributed by atoms with E-state index in [0.29, 0.717) is 12.6 Å². The molecule has 1 aliphatic rings. The van der Waals surface area contributed by atoms with Crippen LogP contribution in [-0.2, 0) is 11.3 Å². The molecule has 0 bridgehead atoms. The van der Waals surface area contributed by atoms with Gasteiger partial charge in [0.05, 0.1) is 12.6 Å². The largest absolute Gasteiger partial charge is 0.376 e. The van der Waals surface area contributed by atoms with E-state index in [9.17, 15) is 0 Å². The second-order valence-electron chi connectivity index (χ2n) is 6.09. The van der Waals surface area contributed by atoms with Crippen LogP contribution in [0.2, 0.25) is 0 Å². The Labute approximate surface area is 157 Å². The van der Waals surface area contributed by atoms with Gasteiger partial charge in [-0.3, -0.25) is 0 Å². The third-order valence-electron chi connectivity index (χ3n) is 4.10. The van der Waals surface area contributed by atoms with E-state index in [2.05, 4.69) is 50.5 Å². The van der Waals surface area contributed by atoms with Crippen LogP contribution < -0.4 is 10.6 Å². The fourth-order valence-electron chi connectivity index (χ4n) is 2.98. The van der Waals surface area contributed by atoms with Gasteiger partial charge in [-0.2, -0.15) is 0 Å². The van der Waals surface area contributed by atoms with Crippen molar-refractivity contribution in [3.63, 3.8) is 0 Å². The Morgan fingerprint density at radius 1 is 1.22 bits per heavy atom. The van der Waals surface area contributed by atoms with Gasteiger partial charge in [0.2, 0.25) is 0 Å². The van der Waals surface area contributed by atoms with Crippen molar-refractivity contribution in [1.29, 1.82) is 0 Å². The molecule has 1 unspecified atom stereocenters. The van der Waals surface area contributed by atoms with Crippen molar-refractivity contribution in [2.75, 3.05) is 19.7 Å². The van der Waals surface area contributed by atoms with E-state index >= 15 is 0 Å². The second-order valence-corrected chi connectivity index (χ2v) is 6.09. The van der Waals surface area contributed by atoms with Crippen molar-refractivity contribution in [2.24, 2.45) is 4.99 Å². The molecule has 2 N–H and O–H groups in total. The zero-order valence-electron chi connectivity index (χ0n) is 14.7. The average Bonchev–Trinajstić information content (AvgIpc) is 2.96. The Bertz CT molecular complexity index is 502. The maximum atomic E-state index is 5.65. The molecule has 0 spiro atoms. The monoisotopic (exact) mass is 431 g/mol. The van der Waals surface area contributed by atoms with Gasteiger partial charge in [-0.15, -0.1) is 24.0 Å². The van der Waals surface area contributed by atoms with E-state index in [4.69, 9.17) is 9.73 Å². The Morgan fingerprint density at radius 2 is 1.91 bits per heavy atom. The van der Waals surface area contributed by atoms with Crippen molar-refractivity contribution in [3.05, 3.63) is 34.4 Å². The van der Waals surface area contributed by atoms with E-state index in [-0.39, 0.29) is 24.0 Å². The second kappa shape index (κ2) is 10.1. The van der Waals surface area contributed by atoms with Crippen molar-refractivity contribution in [3.8, 4) is 0 Å². The number of nitrogens with one attached hydrogen (secondary N) is 2. The Balaban J connectivity index is 0.00000264. The molecule has 4 nitrogen and oxygen atoms in total. The molecule has 1 fully saturated rings. The summed E-state index contributed by atoms with van der Waals surface area (Å²) in [5, 5.41) is 6.71. The lowest BCUT2D eigenvalue weighted by Gasteiger charge is -2.15. The van der Waals surface area contributed by atoms with E-state index in [1.54, 1.807) is 0 Å². The van der Waals surface area contributed by atoms with Crippen molar-refractivity contribution < 1.29 is 4.74 Å². The number of hydrogen-bond donors (Lipinski definition) is 2. The summed E-state index contributed by atoms with van der Waals surface area (Å²) < 4.78 is 5.65. The summed E-state index contributed by atoms with van der Waals surface area (Å²) in [4.78, 5) is 4.73. The highest BCUT2D eigenvalue weighted by Gasteiger charge is 2.15. The normalized spacial score (nSPS) is 17.7. The summed E-state index contributed by atoms with van der Waals surface area (Å²) in [5.74, 6) is 0.873. The zero-order valence-corrected chi connectivity index (χ0v) is 17.1. The molecular weight excluding hydrogens is 401 g/mol. The van der Waals surface area contributed by atoms with Gasteiger partial charge >= 0.3 is 0 Å². The van der Waals surface area contributed by atoms with Crippen LogP contribution in [0, 0.1) is 20.8 Å². The molecule has 1 heterocycles. The van der Waals surface area contributed by atoms with Gasteiger partial charge in [0, 0.05) is 19.7 Å². The fourth-order valence-corrected chi connectivity index (χ4v) is 2.98. The minimum absolute atomic E-state index is 0. The van der Waals surface area contributed by atoms with Gasteiger partial charge in [-0.25, -0.2) is 4.99 Å². The molecular formula is C18H30IN3O. The highest BCUT2D eigenvalue weighted by molar-refractivity contribution is 14.0. The first-order chi connectivity index (χ1) is 10.6. The number of hydrogen-bond acceptors (Lipinski definition) is 2. The number of aliphatic imine (C=N–C) groups is 1. The molecule has 1 saturated heterocycles. The van der Waals surface area contributed by atoms with E-state index < -0.39 is 0 Å². The molecule has 0 radical (unpaired) electrons. The molecule has 0 saturated carbocycles. The molecule has 0 aliphatic carbocycles. The molecule has 1 aromatic rings. The van der Waals surface area contributed by atoms with Gasteiger partial charge in [0.1, 0.15) is 0 Å². The highest BCUT2D eigenvalue weighted by atomic mass is 127. The van der Waals surface area contributed by atoms with Crippen LogP contribution in [0.4, 0.5) is 0 Å². The Kier molecular flexibility index (Phi) is 8.91. The first-order valence-corrected chi connectivity index (χ1v) is 8.30. The Morgan fingerprint density at radius 3 is 2.48 bits per heavy atom. The lowest BCUT2D eigenvalue weighted by molar-refractivity contribution is 0.114. The van der Waals surface area contributed by atoms with Gasteiger partial charge < -0.3 is 15.4 Å². The summed E-state index contributed by atoms with van der Waals surface area (Å²) in [6.07, 6.45) is 2.64. The third-order valence-corrected chi connectivity index (χ3v) is 4.10. The number of benzene rings is 1. The number of halogens is 1.